The molecule has 0 aliphatic carbocycles. The number of amides is 1. The van der Waals surface area contributed by atoms with Crippen LogP contribution in [0.1, 0.15) is 40.0 Å². The molecule has 0 spiro atoms. The summed E-state index contributed by atoms with van der Waals surface area (Å²) in [5.74, 6) is 0.177. The van der Waals surface area contributed by atoms with E-state index in [1.807, 2.05) is 56.3 Å². The van der Waals surface area contributed by atoms with Crippen molar-refractivity contribution in [2.45, 2.75) is 26.7 Å². The van der Waals surface area contributed by atoms with E-state index in [2.05, 4.69) is 29.5 Å². The molecule has 4 heteroatoms. The zero-order valence-corrected chi connectivity index (χ0v) is 14.9. The van der Waals surface area contributed by atoms with Crippen molar-refractivity contribution in [1.29, 1.82) is 0 Å². The van der Waals surface area contributed by atoms with Gasteiger partial charge in [0.15, 0.2) is 0 Å². The topological polar surface area (TPSA) is 46.9 Å². The van der Waals surface area contributed by atoms with Gasteiger partial charge >= 0.3 is 0 Å². The fourth-order valence-electron chi connectivity index (χ4n) is 2.82. The van der Waals surface area contributed by atoms with Crippen molar-refractivity contribution in [2.24, 2.45) is 0 Å². The lowest BCUT2D eigenvalue weighted by Gasteiger charge is -2.13. The molecule has 1 N–H and O–H groups in total. The lowest BCUT2D eigenvalue weighted by Crippen LogP contribution is -2.27. The van der Waals surface area contributed by atoms with E-state index in [1.54, 1.807) is 10.9 Å². The maximum absolute atomic E-state index is 12.5. The molecule has 1 atom stereocenters. The molecule has 3 rings (SSSR count). The van der Waals surface area contributed by atoms with Crippen molar-refractivity contribution in [3.05, 3.63) is 83.2 Å². The predicted molar refractivity (Wildman–Crippen MR) is 100 cm³/mol. The molecule has 0 unspecified atom stereocenters. The van der Waals surface area contributed by atoms with Gasteiger partial charge in [0.05, 0.1) is 23.1 Å². The van der Waals surface area contributed by atoms with Crippen LogP contribution in [-0.4, -0.2) is 22.2 Å². The smallest absolute Gasteiger partial charge is 0.254 e. The zero-order chi connectivity index (χ0) is 17.8. The van der Waals surface area contributed by atoms with Crippen LogP contribution >= 0.6 is 0 Å². The number of nitrogens with one attached hydrogen (secondary N) is 1. The molecule has 1 aromatic heterocycles. The van der Waals surface area contributed by atoms with Crippen molar-refractivity contribution in [3.63, 3.8) is 0 Å². The van der Waals surface area contributed by atoms with Crippen molar-refractivity contribution in [1.82, 2.24) is 15.1 Å². The van der Waals surface area contributed by atoms with Gasteiger partial charge in [-0.25, -0.2) is 4.68 Å². The van der Waals surface area contributed by atoms with E-state index in [0.29, 0.717) is 12.1 Å². The van der Waals surface area contributed by atoms with Crippen LogP contribution in [0.3, 0.4) is 0 Å². The van der Waals surface area contributed by atoms with E-state index < -0.39 is 0 Å². The maximum Gasteiger partial charge on any atom is 0.254 e. The van der Waals surface area contributed by atoms with Crippen LogP contribution in [-0.2, 0) is 0 Å². The molecule has 25 heavy (non-hydrogen) atoms. The molecule has 0 saturated carbocycles. The van der Waals surface area contributed by atoms with Crippen LogP contribution in [0.2, 0.25) is 0 Å². The molecule has 0 saturated heterocycles. The zero-order valence-electron chi connectivity index (χ0n) is 14.9. The second-order valence-corrected chi connectivity index (χ2v) is 6.41. The number of carbonyl (C=O) groups is 1. The molecule has 0 radical (unpaired) electrons. The Morgan fingerprint density at radius 3 is 2.44 bits per heavy atom. The molecule has 0 aliphatic heterocycles. The highest BCUT2D eigenvalue weighted by Crippen LogP contribution is 2.16. The third-order valence-electron chi connectivity index (χ3n) is 4.47. The Morgan fingerprint density at radius 2 is 1.76 bits per heavy atom. The van der Waals surface area contributed by atoms with E-state index in [9.17, 15) is 4.79 Å². The summed E-state index contributed by atoms with van der Waals surface area (Å²) in [7, 11) is 0. The Labute approximate surface area is 148 Å². The second-order valence-electron chi connectivity index (χ2n) is 6.41. The Morgan fingerprint density at radius 1 is 1.08 bits per heavy atom. The Balaban J connectivity index is 1.70. The number of carbonyl (C=O) groups excluding carboxylic acids is 1. The van der Waals surface area contributed by atoms with Crippen molar-refractivity contribution >= 4 is 5.91 Å². The van der Waals surface area contributed by atoms with Gasteiger partial charge < -0.3 is 5.32 Å². The Kier molecular flexibility index (Phi) is 4.98. The van der Waals surface area contributed by atoms with Crippen LogP contribution in [0.5, 0.6) is 0 Å². The lowest BCUT2D eigenvalue weighted by molar-refractivity contribution is 0.0951. The van der Waals surface area contributed by atoms with Gasteiger partial charge in [0.1, 0.15) is 0 Å². The summed E-state index contributed by atoms with van der Waals surface area (Å²) < 4.78 is 1.80. The normalized spacial score (nSPS) is 12.0. The van der Waals surface area contributed by atoms with Gasteiger partial charge in [-0.2, -0.15) is 5.10 Å². The summed E-state index contributed by atoms with van der Waals surface area (Å²) in [6.07, 6.45) is 1.64. The summed E-state index contributed by atoms with van der Waals surface area (Å²) in [5.41, 5.74) is 4.82. The number of rotatable bonds is 5. The molecule has 3 aromatic rings. The number of benzene rings is 2. The standard InChI is InChI=1S/C21H23N3O/c1-15-9-11-19(12-10-15)24-17(3)20(14-23-24)21(25)22-13-16(2)18-7-5-4-6-8-18/h4-12,14,16H,13H2,1-3H3,(H,22,25)/t16-/m1/s1. The van der Waals surface area contributed by atoms with Crippen LogP contribution in [0.15, 0.2) is 60.8 Å². The van der Waals surface area contributed by atoms with Crippen molar-refractivity contribution < 1.29 is 4.79 Å². The number of nitrogens with zero attached hydrogens (tertiary/aromatic N) is 2. The van der Waals surface area contributed by atoms with E-state index in [0.717, 1.165) is 11.4 Å². The largest absolute Gasteiger partial charge is 0.351 e. The molecule has 4 nitrogen and oxygen atoms in total. The fourth-order valence-corrected chi connectivity index (χ4v) is 2.82. The second kappa shape index (κ2) is 7.34. The van der Waals surface area contributed by atoms with Gasteiger partial charge in [0.25, 0.3) is 5.91 Å². The summed E-state index contributed by atoms with van der Waals surface area (Å²) in [4.78, 5) is 12.5. The van der Waals surface area contributed by atoms with E-state index in [4.69, 9.17) is 0 Å². The van der Waals surface area contributed by atoms with Crippen LogP contribution < -0.4 is 5.32 Å². The van der Waals surface area contributed by atoms with Crippen LogP contribution in [0.25, 0.3) is 5.69 Å². The molecule has 2 aromatic carbocycles. The minimum atomic E-state index is -0.0846. The van der Waals surface area contributed by atoms with Gasteiger partial charge in [0.2, 0.25) is 0 Å². The van der Waals surface area contributed by atoms with E-state index >= 15 is 0 Å². The average Bonchev–Trinajstić information content (AvgIpc) is 3.02. The van der Waals surface area contributed by atoms with Gasteiger partial charge in [-0.3, -0.25) is 4.79 Å². The first-order valence-electron chi connectivity index (χ1n) is 8.51. The maximum atomic E-state index is 12.5. The minimum absolute atomic E-state index is 0.0846. The molecule has 1 amide bonds. The lowest BCUT2D eigenvalue weighted by atomic mass is 10.0. The van der Waals surface area contributed by atoms with E-state index in [1.165, 1.54) is 11.1 Å². The van der Waals surface area contributed by atoms with Gasteiger partial charge in [-0.1, -0.05) is 55.0 Å². The first kappa shape index (κ1) is 17.0. The molecule has 1 heterocycles. The average molecular weight is 333 g/mol. The molecular formula is C21H23N3O. The summed E-state index contributed by atoms with van der Waals surface area (Å²) in [5, 5.41) is 7.40. The molecule has 0 bridgehead atoms. The monoisotopic (exact) mass is 333 g/mol. The van der Waals surface area contributed by atoms with Gasteiger partial charge in [0, 0.05) is 6.54 Å². The van der Waals surface area contributed by atoms with Crippen LogP contribution in [0.4, 0.5) is 0 Å². The summed E-state index contributed by atoms with van der Waals surface area (Å²) in [6, 6.07) is 18.3. The number of aromatic nitrogens is 2. The molecule has 0 fully saturated rings. The van der Waals surface area contributed by atoms with Crippen LogP contribution in [0, 0.1) is 13.8 Å². The van der Waals surface area contributed by atoms with Gasteiger partial charge in [-0.05, 0) is 37.5 Å². The predicted octanol–water partition coefficient (Wildman–Crippen LogP) is 4.02. The third-order valence-corrected chi connectivity index (χ3v) is 4.47. The quantitative estimate of drug-likeness (QED) is 0.766. The van der Waals surface area contributed by atoms with Crippen molar-refractivity contribution in [2.75, 3.05) is 6.54 Å². The number of hydrogen-bond donors (Lipinski definition) is 1. The van der Waals surface area contributed by atoms with E-state index in [-0.39, 0.29) is 11.8 Å². The summed E-state index contributed by atoms with van der Waals surface area (Å²) >= 11 is 0. The molecule has 0 aliphatic rings. The molecular weight excluding hydrogens is 310 g/mol. The fraction of sp³-hybridized carbons (Fsp3) is 0.238. The SMILES string of the molecule is Cc1ccc(-n2ncc(C(=O)NC[C@@H](C)c3ccccc3)c2C)cc1. The first-order valence-corrected chi connectivity index (χ1v) is 8.51. The first-order chi connectivity index (χ1) is 12.1. The highest BCUT2D eigenvalue weighted by Gasteiger charge is 2.16. The summed E-state index contributed by atoms with van der Waals surface area (Å²) in [6.45, 7) is 6.67. The Hall–Kier alpha value is -2.88. The Bertz CT molecular complexity index is 851. The number of aryl methyl sites for hydroxylation is 1. The van der Waals surface area contributed by atoms with Gasteiger partial charge in [-0.15, -0.1) is 0 Å². The third kappa shape index (κ3) is 3.79. The highest BCUT2D eigenvalue weighted by molar-refractivity contribution is 5.95. The minimum Gasteiger partial charge on any atom is -0.351 e. The molecule has 128 valence electrons. The number of hydrogen-bond acceptors (Lipinski definition) is 2. The highest BCUT2D eigenvalue weighted by atomic mass is 16.1. The van der Waals surface area contributed by atoms with Crippen molar-refractivity contribution in [3.8, 4) is 5.69 Å².